The van der Waals surface area contributed by atoms with Crippen molar-refractivity contribution in [3.63, 3.8) is 0 Å². The normalized spacial score (nSPS) is 15.2. The van der Waals surface area contributed by atoms with E-state index in [-0.39, 0.29) is 24.9 Å². The number of rotatable bonds is 9. The highest BCUT2D eigenvalue weighted by Crippen LogP contribution is 2.31. The Morgan fingerprint density at radius 1 is 0.950 bits per heavy atom. The average Bonchev–Trinajstić information content (AvgIpc) is 3.38. The number of hydrogen-bond donors (Lipinski definition) is 1. The maximum Gasteiger partial charge on any atom is 0.419 e. The fourth-order valence-corrected chi connectivity index (χ4v) is 5.42. The second-order valence-corrected chi connectivity index (χ2v) is 9.89. The van der Waals surface area contributed by atoms with Gasteiger partial charge in [0.1, 0.15) is 30.2 Å². The lowest BCUT2D eigenvalue weighted by Gasteiger charge is -2.40. The molecule has 4 aromatic rings. The highest BCUT2D eigenvalue weighted by atomic mass is 16.5. The zero-order valence-electron chi connectivity index (χ0n) is 22.6. The van der Waals surface area contributed by atoms with Crippen LogP contribution >= 0.6 is 0 Å². The summed E-state index contributed by atoms with van der Waals surface area (Å²) in [4.78, 5) is 17.2. The van der Waals surface area contributed by atoms with Gasteiger partial charge in [-0.1, -0.05) is 66.7 Å². The molecular weight excluding hydrogens is 504 g/mol. The molecule has 0 bridgehead atoms. The Morgan fingerprint density at radius 3 is 2.20 bits per heavy atom. The summed E-state index contributed by atoms with van der Waals surface area (Å²) in [6.45, 7) is 5.99. The Balaban J connectivity index is 1.20. The number of aliphatic hydroxyl groups is 1. The lowest BCUT2D eigenvalue weighted by Crippen LogP contribution is -2.50. The van der Waals surface area contributed by atoms with Gasteiger partial charge < -0.3 is 14.6 Å². The van der Waals surface area contributed by atoms with Crippen molar-refractivity contribution >= 4 is 17.0 Å². The van der Waals surface area contributed by atoms with Crippen LogP contribution in [0.3, 0.4) is 0 Å². The molecule has 1 N–H and O–H groups in total. The number of carbonyl (C=O) groups excluding carboxylic acids is 1. The maximum absolute atomic E-state index is 12.4. The van der Waals surface area contributed by atoms with Crippen molar-refractivity contribution in [3.05, 3.63) is 102 Å². The van der Waals surface area contributed by atoms with Crippen LogP contribution < -0.4 is 4.74 Å². The van der Waals surface area contributed by atoms with Crippen molar-refractivity contribution in [2.75, 3.05) is 45.9 Å². The third-order valence-electron chi connectivity index (χ3n) is 7.27. The van der Waals surface area contributed by atoms with E-state index in [2.05, 4.69) is 58.3 Å². The van der Waals surface area contributed by atoms with E-state index >= 15 is 0 Å². The van der Waals surface area contributed by atoms with Gasteiger partial charge in [0.15, 0.2) is 0 Å². The van der Waals surface area contributed by atoms with E-state index in [1.807, 2.05) is 18.2 Å². The summed E-state index contributed by atoms with van der Waals surface area (Å²) in [6.07, 6.45) is -1.30. The number of aromatic nitrogens is 1. The first kappa shape index (κ1) is 27.4. The third kappa shape index (κ3) is 6.02. The highest BCUT2D eigenvalue weighted by molar-refractivity contribution is 5.95. The van der Waals surface area contributed by atoms with Crippen molar-refractivity contribution in [1.29, 1.82) is 5.26 Å². The van der Waals surface area contributed by atoms with E-state index < -0.39 is 12.2 Å². The summed E-state index contributed by atoms with van der Waals surface area (Å²) in [7, 11) is 0. The largest absolute Gasteiger partial charge is 0.490 e. The van der Waals surface area contributed by atoms with Crippen LogP contribution in [0.2, 0.25) is 0 Å². The number of fused-ring (bicyclic) bond motifs is 1. The zero-order chi connectivity index (χ0) is 27.9. The van der Waals surface area contributed by atoms with Gasteiger partial charge >= 0.3 is 6.09 Å². The van der Waals surface area contributed by atoms with Crippen LogP contribution in [0, 0.1) is 11.3 Å². The molecule has 40 heavy (non-hydrogen) atoms. The predicted octanol–water partition coefficient (Wildman–Crippen LogP) is 4.66. The number of benzene rings is 3. The SMILES string of the molecule is CCOC(=O)n1c(C#N)cc2c(OCC(O)CN3CCN(C(c4ccccc4)c4ccccc4)CC3)cccc21. The Hall–Kier alpha value is -4.16. The van der Waals surface area contributed by atoms with Crippen LogP contribution in [0.25, 0.3) is 10.9 Å². The first-order valence-corrected chi connectivity index (χ1v) is 13.7. The van der Waals surface area contributed by atoms with Crippen LogP contribution in [-0.2, 0) is 4.74 Å². The van der Waals surface area contributed by atoms with Gasteiger partial charge in [-0.05, 0) is 36.2 Å². The van der Waals surface area contributed by atoms with Crippen molar-refractivity contribution in [1.82, 2.24) is 14.4 Å². The predicted molar refractivity (Wildman–Crippen MR) is 153 cm³/mol. The monoisotopic (exact) mass is 538 g/mol. The number of aliphatic hydroxyl groups excluding tert-OH is 1. The first-order valence-electron chi connectivity index (χ1n) is 13.7. The van der Waals surface area contributed by atoms with Crippen molar-refractivity contribution in [2.45, 2.75) is 19.1 Å². The molecule has 0 radical (unpaired) electrons. The van der Waals surface area contributed by atoms with E-state index in [9.17, 15) is 15.2 Å². The molecule has 1 aromatic heterocycles. The highest BCUT2D eigenvalue weighted by Gasteiger charge is 2.27. The van der Waals surface area contributed by atoms with E-state index in [1.165, 1.54) is 15.7 Å². The number of ether oxygens (including phenoxy) is 2. The molecule has 2 heterocycles. The molecule has 1 aliphatic rings. The first-order chi connectivity index (χ1) is 19.6. The molecule has 3 aromatic carbocycles. The molecule has 0 saturated carbocycles. The summed E-state index contributed by atoms with van der Waals surface area (Å²) in [5.41, 5.74) is 3.26. The molecule has 0 aliphatic carbocycles. The molecule has 8 nitrogen and oxygen atoms in total. The molecule has 1 saturated heterocycles. The molecule has 8 heteroatoms. The fraction of sp³-hybridized carbons (Fsp3) is 0.312. The quantitative estimate of drug-likeness (QED) is 0.331. The number of nitriles is 1. The van der Waals surface area contributed by atoms with Gasteiger partial charge in [-0.25, -0.2) is 9.36 Å². The minimum atomic E-state index is -0.691. The fourth-order valence-electron chi connectivity index (χ4n) is 5.42. The standard InChI is InChI=1S/C32H34N4O4/c1-2-39-32(38)36-26(21-33)20-28-29(36)14-9-15-30(28)40-23-27(37)22-34-16-18-35(19-17-34)31(24-10-5-3-6-11-24)25-12-7-4-8-13-25/h3-15,20,27,31,37H,2,16-19,22-23H2,1H3. The van der Waals surface area contributed by atoms with E-state index in [1.54, 1.807) is 31.2 Å². The smallest absolute Gasteiger partial charge is 0.419 e. The van der Waals surface area contributed by atoms with Gasteiger partial charge in [0, 0.05) is 38.1 Å². The number of hydrogen-bond acceptors (Lipinski definition) is 7. The molecule has 206 valence electrons. The van der Waals surface area contributed by atoms with Crippen LogP contribution in [0.5, 0.6) is 5.75 Å². The molecule has 1 aliphatic heterocycles. The molecule has 1 atom stereocenters. The number of carbonyl (C=O) groups is 1. The van der Waals surface area contributed by atoms with Gasteiger partial charge in [0.2, 0.25) is 0 Å². The van der Waals surface area contributed by atoms with Crippen molar-refractivity contribution in [2.24, 2.45) is 0 Å². The lowest BCUT2D eigenvalue weighted by atomic mass is 9.96. The Morgan fingerprint density at radius 2 is 1.60 bits per heavy atom. The Bertz CT molecular complexity index is 1420. The van der Waals surface area contributed by atoms with E-state index in [4.69, 9.17) is 9.47 Å². The third-order valence-corrected chi connectivity index (χ3v) is 7.27. The van der Waals surface area contributed by atoms with Gasteiger partial charge in [0.05, 0.1) is 18.2 Å². The van der Waals surface area contributed by atoms with Crippen molar-refractivity contribution in [3.8, 4) is 11.8 Å². The molecule has 0 spiro atoms. The number of nitrogens with zero attached hydrogens (tertiary/aromatic N) is 4. The molecule has 0 amide bonds. The molecule has 5 rings (SSSR count). The Labute approximate surface area is 234 Å². The van der Waals surface area contributed by atoms with Gasteiger partial charge in [-0.2, -0.15) is 5.26 Å². The number of β-amino-alcohol motifs (C(OH)–C–C–N with tert-alkyl or cyclic N) is 1. The summed E-state index contributed by atoms with van der Waals surface area (Å²) in [5.74, 6) is 0.509. The summed E-state index contributed by atoms with van der Waals surface area (Å²) in [6, 6.07) is 30.3. The van der Waals surface area contributed by atoms with E-state index in [0.717, 1.165) is 26.2 Å². The zero-order valence-corrected chi connectivity index (χ0v) is 22.6. The Kier molecular flexibility index (Phi) is 8.77. The second kappa shape index (κ2) is 12.8. The topological polar surface area (TPSA) is 91.0 Å². The van der Waals surface area contributed by atoms with Crippen LogP contribution in [0.1, 0.15) is 29.8 Å². The molecular formula is C32H34N4O4. The molecule has 1 fully saturated rings. The van der Waals surface area contributed by atoms with Gasteiger partial charge in [0.25, 0.3) is 0 Å². The van der Waals surface area contributed by atoms with Crippen LogP contribution in [0.15, 0.2) is 84.9 Å². The summed E-state index contributed by atoms with van der Waals surface area (Å²) < 4.78 is 12.4. The second-order valence-electron chi connectivity index (χ2n) is 9.89. The number of piperazine rings is 1. The van der Waals surface area contributed by atoms with Crippen LogP contribution in [0.4, 0.5) is 4.79 Å². The van der Waals surface area contributed by atoms with Gasteiger partial charge in [-0.3, -0.25) is 9.80 Å². The molecule has 1 unspecified atom stereocenters. The summed E-state index contributed by atoms with van der Waals surface area (Å²) in [5, 5.41) is 21.0. The maximum atomic E-state index is 12.4. The minimum Gasteiger partial charge on any atom is -0.490 e. The average molecular weight is 539 g/mol. The van der Waals surface area contributed by atoms with Gasteiger partial charge in [-0.15, -0.1) is 0 Å². The minimum absolute atomic E-state index is 0.0997. The lowest BCUT2D eigenvalue weighted by molar-refractivity contribution is 0.0404. The van der Waals surface area contributed by atoms with Crippen LogP contribution in [-0.4, -0.2) is 77.6 Å². The van der Waals surface area contributed by atoms with E-state index in [0.29, 0.717) is 23.2 Å². The summed E-state index contributed by atoms with van der Waals surface area (Å²) >= 11 is 0. The van der Waals surface area contributed by atoms with Crippen molar-refractivity contribution < 1.29 is 19.4 Å².